The van der Waals surface area contributed by atoms with Crippen molar-refractivity contribution in [3.8, 4) is 17.2 Å². The SMILES string of the molecule is O=C(COc1ccc(F)cc1Br)Nc1ccc2c(c1)OC1(CCCC1)O2. The molecule has 2 aromatic carbocycles. The second kappa shape index (κ2) is 6.79. The molecule has 0 atom stereocenters. The van der Waals surface area contributed by atoms with E-state index in [4.69, 9.17) is 14.2 Å². The Morgan fingerprint density at radius 1 is 1.15 bits per heavy atom. The highest BCUT2D eigenvalue weighted by atomic mass is 79.9. The number of benzene rings is 2. The van der Waals surface area contributed by atoms with Gasteiger partial charge in [0.25, 0.3) is 11.7 Å². The van der Waals surface area contributed by atoms with Gasteiger partial charge < -0.3 is 19.5 Å². The third-order valence-corrected chi connectivity index (χ3v) is 5.06. The Hall–Kier alpha value is -2.28. The van der Waals surface area contributed by atoms with E-state index in [-0.39, 0.29) is 18.3 Å². The van der Waals surface area contributed by atoms with Crippen molar-refractivity contribution in [2.24, 2.45) is 0 Å². The third kappa shape index (κ3) is 3.49. The minimum atomic E-state index is -0.525. The van der Waals surface area contributed by atoms with Gasteiger partial charge in [-0.2, -0.15) is 0 Å². The van der Waals surface area contributed by atoms with Crippen LogP contribution in [0.3, 0.4) is 0 Å². The summed E-state index contributed by atoms with van der Waals surface area (Å²) >= 11 is 3.20. The lowest BCUT2D eigenvalue weighted by Crippen LogP contribution is -2.34. The van der Waals surface area contributed by atoms with Crippen molar-refractivity contribution < 1.29 is 23.4 Å². The van der Waals surface area contributed by atoms with Gasteiger partial charge in [-0.05, 0) is 59.1 Å². The topological polar surface area (TPSA) is 56.8 Å². The van der Waals surface area contributed by atoms with E-state index in [1.165, 1.54) is 18.2 Å². The highest BCUT2D eigenvalue weighted by molar-refractivity contribution is 9.10. The first-order valence-corrected chi connectivity index (χ1v) is 9.22. The van der Waals surface area contributed by atoms with Gasteiger partial charge in [-0.25, -0.2) is 4.39 Å². The zero-order valence-corrected chi connectivity index (χ0v) is 15.5. The van der Waals surface area contributed by atoms with Crippen LogP contribution in [-0.2, 0) is 4.79 Å². The number of carbonyl (C=O) groups excluding carboxylic acids is 1. The molecular weight excluding hydrogens is 405 g/mol. The average molecular weight is 422 g/mol. The Bertz CT molecular complexity index is 851. The standard InChI is InChI=1S/C19H17BrFNO4/c20-14-9-12(21)3-5-15(14)24-11-18(23)22-13-4-6-16-17(10-13)26-19(25-16)7-1-2-8-19/h3-6,9-10H,1-2,7-8,11H2,(H,22,23). The number of nitrogens with one attached hydrogen (secondary N) is 1. The molecule has 1 fully saturated rings. The molecule has 0 bridgehead atoms. The van der Waals surface area contributed by atoms with Crippen molar-refractivity contribution in [1.82, 2.24) is 0 Å². The van der Waals surface area contributed by atoms with Crippen molar-refractivity contribution in [2.45, 2.75) is 31.5 Å². The number of rotatable bonds is 4. The lowest BCUT2D eigenvalue weighted by molar-refractivity contribution is -0.118. The van der Waals surface area contributed by atoms with Crippen LogP contribution in [0.2, 0.25) is 0 Å². The summed E-state index contributed by atoms with van der Waals surface area (Å²) in [6, 6.07) is 9.35. The highest BCUT2D eigenvalue weighted by Gasteiger charge is 2.44. The van der Waals surface area contributed by atoms with E-state index in [9.17, 15) is 9.18 Å². The van der Waals surface area contributed by atoms with Gasteiger partial charge >= 0.3 is 0 Å². The van der Waals surface area contributed by atoms with Gasteiger partial charge in [-0.3, -0.25) is 4.79 Å². The first-order chi connectivity index (χ1) is 12.5. The van der Waals surface area contributed by atoms with Crippen molar-refractivity contribution >= 4 is 27.5 Å². The maximum Gasteiger partial charge on any atom is 0.262 e. The van der Waals surface area contributed by atoms with Gasteiger partial charge in [0.2, 0.25) is 0 Å². The van der Waals surface area contributed by atoms with Gasteiger partial charge in [-0.1, -0.05) is 0 Å². The van der Waals surface area contributed by atoms with Crippen LogP contribution in [0.1, 0.15) is 25.7 Å². The van der Waals surface area contributed by atoms with Crippen LogP contribution in [0.25, 0.3) is 0 Å². The van der Waals surface area contributed by atoms with E-state index in [1.54, 1.807) is 18.2 Å². The van der Waals surface area contributed by atoms with E-state index in [0.717, 1.165) is 25.7 Å². The fourth-order valence-corrected chi connectivity index (χ4v) is 3.69. The molecule has 1 spiro atoms. The van der Waals surface area contributed by atoms with E-state index in [2.05, 4.69) is 21.2 Å². The van der Waals surface area contributed by atoms with Crippen LogP contribution >= 0.6 is 15.9 Å². The molecule has 136 valence electrons. The summed E-state index contributed by atoms with van der Waals surface area (Å²) in [7, 11) is 0. The molecule has 0 radical (unpaired) electrons. The number of hydrogen-bond donors (Lipinski definition) is 1. The molecule has 1 amide bonds. The van der Waals surface area contributed by atoms with Gasteiger partial charge in [0, 0.05) is 24.6 Å². The number of amides is 1. The third-order valence-electron chi connectivity index (χ3n) is 4.44. The molecule has 1 N–H and O–H groups in total. The molecule has 2 aromatic rings. The fraction of sp³-hybridized carbons (Fsp3) is 0.316. The molecule has 0 unspecified atom stereocenters. The van der Waals surface area contributed by atoms with Crippen molar-refractivity contribution in [1.29, 1.82) is 0 Å². The van der Waals surface area contributed by atoms with Crippen LogP contribution in [-0.4, -0.2) is 18.3 Å². The molecular formula is C19H17BrFNO4. The van der Waals surface area contributed by atoms with E-state index in [1.807, 2.05) is 0 Å². The summed E-state index contributed by atoms with van der Waals surface area (Å²) in [6.45, 7) is -0.192. The minimum Gasteiger partial charge on any atom is -0.483 e. The fourth-order valence-electron chi connectivity index (χ4n) is 3.22. The molecule has 2 aliphatic rings. The second-order valence-corrected chi connectivity index (χ2v) is 7.25. The second-order valence-electron chi connectivity index (χ2n) is 6.40. The maximum atomic E-state index is 13.1. The monoisotopic (exact) mass is 421 g/mol. The van der Waals surface area contributed by atoms with E-state index >= 15 is 0 Å². The number of halogens is 2. The normalized spacial score (nSPS) is 16.7. The molecule has 0 aromatic heterocycles. The Labute approximate surface area is 158 Å². The first kappa shape index (κ1) is 17.1. The van der Waals surface area contributed by atoms with Crippen LogP contribution in [0.4, 0.5) is 10.1 Å². The van der Waals surface area contributed by atoms with Crippen molar-refractivity contribution in [3.63, 3.8) is 0 Å². The largest absolute Gasteiger partial charge is 0.483 e. The lowest BCUT2D eigenvalue weighted by atomic mass is 10.2. The summed E-state index contributed by atoms with van der Waals surface area (Å²) in [5.74, 6) is 0.520. The summed E-state index contributed by atoms with van der Waals surface area (Å²) < 4.78 is 30.9. The number of carbonyl (C=O) groups is 1. The van der Waals surface area contributed by atoms with Crippen LogP contribution in [0.15, 0.2) is 40.9 Å². The molecule has 0 saturated heterocycles. The van der Waals surface area contributed by atoms with E-state index in [0.29, 0.717) is 27.4 Å². The Kier molecular flexibility index (Phi) is 4.48. The molecule has 4 rings (SSSR count). The highest BCUT2D eigenvalue weighted by Crippen LogP contribution is 2.47. The van der Waals surface area contributed by atoms with Crippen LogP contribution in [0.5, 0.6) is 17.2 Å². The Morgan fingerprint density at radius 3 is 2.69 bits per heavy atom. The van der Waals surface area contributed by atoms with Gasteiger partial charge in [0.15, 0.2) is 18.1 Å². The molecule has 1 aliphatic carbocycles. The molecule has 7 heteroatoms. The predicted octanol–water partition coefficient (Wildman–Crippen LogP) is 4.65. The summed E-state index contributed by atoms with van der Waals surface area (Å²) in [4.78, 5) is 12.1. The van der Waals surface area contributed by atoms with Crippen molar-refractivity contribution in [3.05, 3.63) is 46.7 Å². The van der Waals surface area contributed by atoms with E-state index < -0.39 is 5.79 Å². The summed E-state index contributed by atoms with van der Waals surface area (Å²) in [5.41, 5.74) is 0.606. The summed E-state index contributed by atoms with van der Waals surface area (Å²) in [5, 5.41) is 2.76. The number of anilines is 1. The zero-order valence-electron chi connectivity index (χ0n) is 13.9. The molecule has 1 aliphatic heterocycles. The molecule has 1 saturated carbocycles. The minimum absolute atomic E-state index is 0.192. The Balaban J connectivity index is 1.37. The lowest BCUT2D eigenvalue weighted by Gasteiger charge is -2.21. The first-order valence-electron chi connectivity index (χ1n) is 8.43. The van der Waals surface area contributed by atoms with Crippen molar-refractivity contribution in [2.75, 3.05) is 11.9 Å². The quantitative estimate of drug-likeness (QED) is 0.780. The van der Waals surface area contributed by atoms with Gasteiger partial charge in [0.1, 0.15) is 11.6 Å². The van der Waals surface area contributed by atoms with Gasteiger partial charge in [0.05, 0.1) is 4.47 Å². The number of ether oxygens (including phenoxy) is 3. The number of fused-ring (bicyclic) bond motifs is 1. The molecule has 26 heavy (non-hydrogen) atoms. The predicted molar refractivity (Wildman–Crippen MR) is 97.1 cm³/mol. The zero-order chi connectivity index (χ0) is 18.1. The summed E-state index contributed by atoms with van der Waals surface area (Å²) in [6.07, 6.45) is 3.94. The van der Waals surface area contributed by atoms with Crippen LogP contribution in [0, 0.1) is 5.82 Å². The number of hydrogen-bond acceptors (Lipinski definition) is 4. The van der Waals surface area contributed by atoms with Crippen LogP contribution < -0.4 is 19.5 Å². The smallest absolute Gasteiger partial charge is 0.262 e. The van der Waals surface area contributed by atoms with Gasteiger partial charge in [-0.15, -0.1) is 0 Å². The average Bonchev–Trinajstić information content (AvgIpc) is 3.20. The molecule has 5 nitrogen and oxygen atoms in total. The molecule has 1 heterocycles. The maximum absolute atomic E-state index is 13.1. The Morgan fingerprint density at radius 2 is 1.92 bits per heavy atom.